The molecular formula is C18H25N5O2. The van der Waals surface area contributed by atoms with Crippen molar-refractivity contribution in [1.82, 2.24) is 20.2 Å². The van der Waals surface area contributed by atoms with Gasteiger partial charge in [0.2, 0.25) is 5.89 Å². The highest BCUT2D eigenvalue weighted by atomic mass is 16.3. The predicted octanol–water partition coefficient (Wildman–Crippen LogP) is 2.31. The van der Waals surface area contributed by atoms with E-state index in [1.165, 1.54) is 25.5 Å². The van der Waals surface area contributed by atoms with Crippen LogP contribution in [0.2, 0.25) is 0 Å². The molecule has 1 amide bonds. The standard InChI is InChI=1S/C18H25N5O2/c1-13-5-2-3-9-23(13)10-4-8-20-17(24)15-12-25-18(22-15)14-6-7-16(19)21-11-14/h6-7,11-13H,2-5,8-10H2,1H3,(H2,19,21)(H,20,24). The Morgan fingerprint density at radius 3 is 3.08 bits per heavy atom. The topological polar surface area (TPSA) is 97.3 Å². The van der Waals surface area contributed by atoms with Crippen molar-refractivity contribution >= 4 is 11.7 Å². The van der Waals surface area contributed by atoms with Crippen LogP contribution in [0, 0.1) is 0 Å². The number of hydrogen-bond acceptors (Lipinski definition) is 6. The van der Waals surface area contributed by atoms with Crippen molar-refractivity contribution < 1.29 is 9.21 Å². The Morgan fingerprint density at radius 2 is 2.32 bits per heavy atom. The summed E-state index contributed by atoms with van der Waals surface area (Å²) in [6.07, 6.45) is 7.75. The van der Waals surface area contributed by atoms with Crippen LogP contribution in [0.15, 0.2) is 29.0 Å². The zero-order valence-corrected chi connectivity index (χ0v) is 14.6. The van der Waals surface area contributed by atoms with Crippen LogP contribution in [0.5, 0.6) is 0 Å². The summed E-state index contributed by atoms with van der Waals surface area (Å²) in [4.78, 5) is 22.9. The lowest BCUT2D eigenvalue weighted by molar-refractivity contribution is 0.0944. The summed E-state index contributed by atoms with van der Waals surface area (Å²) in [5.41, 5.74) is 6.52. The molecule has 134 valence electrons. The first-order chi connectivity index (χ1) is 12.1. The van der Waals surface area contributed by atoms with Gasteiger partial charge in [-0.3, -0.25) is 4.79 Å². The molecule has 3 N–H and O–H groups in total. The van der Waals surface area contributed by atoms with Gasteiger partial charge in [0.1, 0.15) is 12.1 Å². The maximum atomic E-state index is 12.2. The predicted molar refractivity (Wildman–Crippen MR) is 96.0 cm³/mol. The first-order valence-electron chi connectivity index (χ1n) is 8.83. The van der Waals surface area contributed by atoms with Crippen LogP contribution in [0.1, 0.15) is 43.1 Å². The molecule has 0 aliphatic carbocycles. The van der Waals surface area contributed by atoms with Crippen LogP contribution in [-0.2, 0) is 0 Å². The van der Waals surface area contributed by atoms with Gasteiger partial charge in [0, 0.05) is 25.3 Å². The van der Waals surface area contributed by atoms with Gasteiger partial charge in [-0.1, -0.05) is 6.42 Å². The zero-order chi connectivity index (χ0) is 17.6. The largest absolute Gasteiger partial charge is 0.444 e. The van der Waals surface area contributed by atoms with Gasteiger partial charge in [0.15, 0.2) is 5.69 Å². The summed E-state index contributed by atoms with van der Waals surface area (Å²) < 4.78 is 5.37. The Morgan fingerprint density at radius 1 is 1.44 bits per heavy atom. The average Bonchev–Trinajstić information content (AvgIpc) is 3.11. The fourth-order valence-corrected chi connectivity index (χ4v) is 3.11. The molecule has 1 saturated heterocycles. The summed E-state index contributed by atoms with van der Waals surface area (Å²) in [7, 11) is 0. The van der Waals surface area contributed by atoms with Gasteiger partial charge in [-0.15, -0.1) is 0 Å². The van der Waals surface area contributed by atoms with Crippen LogP contribution in [0.4, 0.5) is 5.82 Å². The number of carbonyl (C=O) groups is 1. The molecule has 2 aromatic rings. The highest BCUT2D eigenvalue weighted by Crippen LogP contribution is 2.18. The fourth-order valence-electron chi connectivity index (χ4n) is 3.11. The van der Waals surface area contributed by atoms with Gasteiger partial charge in [-0.05, 0) is 44.9 Å². The molecule has 7 heteroatoms. The van der Waals surface area contributed by atoms with Crippen molar-refractivity contribution in [2.75, 3.05) is 25.4 Å². The van der Waals surface area contributed by atoms with E-state index < -0.39 is 0 Å². The van der Waals surface area contributed by atoms with Gasteiger partial charge in [-0.2, -0.15) is 0 Å². The zero-order valence-electron chi connectivity index (χ0n) is 14.6. The molecule has 0 aromatic carbocycles. The first kappa shape index (κ1) is 17.4. The second-order valence-electron chi connectivity index (χ2n) is 6.50. The number of anilines is 1. The van der Waals surface area contributed by atoms with E-state index in [2.05, 4.69) is 27.1 Å². The lowest BCUT2D eigenvalue weighted by Gasteiger charge is -2.33. The number of nitrogen functional groups attached to an aromatic ring is 1. The number of rotatable bonds is 6. The Balaban J connectivity index is 1.46. The van der Waals surface area contributed by atoms with Gasteiger partial charge in [-0.25, -0.2) is 9.97 Å². The average molecular weight is 343 g/mol. The Hall–Kier alpha value is -2.41. The molecule has 7 nitrogen and oxygen atoms in total. The molecule has 1 aliphatic heterocycles. The Kier molecular flexibility index (Phi) is 5.65. The molecule has 0 spiro atoms. The van der Waals surface area contributed by atoms with Crippen LogP contribution >= 0.6 is 0 Å². The Labute approximate surface area is 147 Å². The first-order valence-corrected chi connectivity index (χ1v) is 8.83. The molecule has 0 radical (unpaired) electrons. The number of pyridine rings is 1. The summed E-state index contributed by atoms with van der Waals surface area (Å²) in [5, 5.41) is 2.90. The van der Waals surface area contributed by atoms with E-state index in [0.717, 1.165) is 19.5 Å². The van der Waals surface area contributed by atoms with E-state index >= 15 is 0 Å². The number of amides is 1. The van der Waals surface area contributed by atoms with Crippen molar-refractivity contribution in [3.8, 4) is 11.5 Å². The van der Waals surface area contributed by atoms with Crippen molar-refractivity contribution in [1.29, 1.82) is 0 Å². The van der Waals surface area contributed by atoms with Gasteiger partial charge in [0.25, 0.3) is 5.91 Å². The normalized spacial score (nSPS) is 18.2. The second-order valence-corrected chi connectivity index (χ2v) is 6.50. The number of hydrogen-bond donors (Lipinski definition) is 2. The summed E-state index contributed by atoms with van der Waals surface area (Å²) in [6, 6.07) is 4.08. The third-order valence-electron chi connectivity index (χ3n) is 4.62. The highest BCUT2D eigenvalue weighted by Gasteiger charge is 2.18. The Bertz CT molecular complexity index is 698. The van der Waals surface area contributed by atoms with E-state index in [-0.39, 0.29) is 11.6 Å². The SMILES string of the molecule is CC1CCCCN1CCCNC(=O)c1coc(-c2ccc(N)nc2)n1. The lowest BCUT2D eigenvalue weighted by atomic mass is 10.0. The van der Waals surface area contributed by atoms with E-state index in [9.17, 15) is 4.79 Å². The monoisotopic (exact) mass is 343 g/mol. The summed E-state index contributed by atoms with van der Waals surface area (Å²) in [6.45, 7) is 5.09. The van der Waals surface area contributed by atoms with Crippen LogP contribution in [0.25, 0.3) is 11.5 Å². The molecule has 0 saturated carbocycles. The molecule has 3 heterocycles. The number of nitrogens with one attached hydrogen (secondary N) is 1. The molecular weight excluding hydrogens is 318 g/mol. The van der Waals surface area contributed by atoms with Gasteiger partial charge < -0.3 is 20.4 Å². The molecule has 2 aromatic heterocycles. The van der Waals surface area contributed by atoms with E-state index in [0.29, 0.717) is 29.9 Å². The maximum Gasteiger partial charge on any atom is 0.273 e. The fraction of sp³-hybridized carbons (Fsp3) is 0.500. The third-order valence-corrected chi connectivity index (χ3v) is 4.62. The maximum absolute atomic E-state index is 12.2. The molecule has 0 bridgehead atoms. The highest BCUT2D eigenvalue weighted by molar-refractivity contribution is 5.92. The van der Waals surface area contributed by atoms with E-state index in [4.69, 9.17) is 10.2 Å². The number of piperidine rings is 1. The minimum atomic E-state index is -0.218. The number of oxazole rings is 1. The van der Waals surface area contributed by atoms with E-state index in [1.807, 2.05) is 0 Å². The molecule has 1 unspecified atom stereocenters. The lowest BCUT2D eigenvalue weighted by Crippen LogP contribution is -2.39. The van der Waals surface area contributed by atoms with Gasteiger partial charge >= 0.3 is 0 Å². The minimum absolute atomic E-state index is 0.218. The number of nitrogens with zero attached hydrogens (tertiary/aromatic N) is 3. The summed E-state index contributed by atoms with van der Waals surface area (Å²) in [5.74, 6) is 0.571. The molecule has 1 aliphatic rings. The van der Waals surface area contributed by atoms with E-state index in [1.54, 1.807) is 18.3 Å². The number of likely N-dealkylation sites (tertiary alicyclic amines) is 1. The molecule has 3 rings (SSSR count). The van der Waals surface area contributed by atoms with Crippen molar-refractivity contribution in [3.63, 3.8) is 0 Å². The van der Waals surface area contributed by atoms with Crippen LogP contribution in [-0.4, -0.2) is 46.5 Å². The molecule has 25 heavy (non-hydrogen) atoms. The quantitative estimate of drug-likeness (QED) is 0.781. The van der Waals surface area contributed by atoms with Crippen LogP contribution in [0.3, 0.4) is 0 Å². The second kappa shape index (κ2) is 8.11. The van der Waals surface area contributed by atoms with Crippen LogP contribution < -0.4 is 11.1 Å². The molecule has 1 fully saturated rings. The number of carbonyl (C=O) groups excluding carboxylic acids is 1. The molecule has 1 atom stereocenters. The van der Waals surface area contributed by atoms with Gasteiger partial charge in [0.05, 0.1) is 5.56 Å². The number of aromatic nitrogens is 2. The number of nitrogens with two attached hydrogens (primary N) is 1. The third kappa shape index (κ3) is 4.57. The summed E-state index contributed by atoms with van der Waals surface area (Å²) >= 11 is 0. The smallest absolute Gasteiger partial charge is 0.273 e. The minimum Gasteiger partial charge on any atom is -0.444 e. The van der Waals surface area contributed by atoms with Crippen molar-refractivity contribution in [2.24, 2.45) is 0 Å². The van der Waals surface area contributed by atoms with Crippen molar-refractivity contribution in [3.05, 3.63) is 30.3 Å². The van der Waals surface area contributed by atoms with Crippen molar-refractivity contribution in [2.45, 2.75) is 38.6 Å².